The van der Waals surface area contributed by atoms with Gasteiger partial charge < -0.3 is 24.6 Å². The summed E-state index contributed by atoms with van der Waals surface area (Å²) in [7, 11) is 1.60. The van der Waals surface area contributed by atoms with E-state index in [1.54, 1.807) is 13.3 Å². The second kappa shape index (κ2) is 11.5. The summed E-state index contributed by atoms with van der Waals surface area (Å²) in [6.45, 7) is 10.2. The number of benzene rings is 1. The van der Waals surface area contributed by atoms with Gasteiger partial charge in [0.05, 0.1) is 19.2 Å². The first-order valence-electron chi connectivity index (χ1n) is 12.4. The minimum atomic E-state index is -2.65. The van der Waals surface area contributed by atoms with Crippen LogP contribution in [0.3, 0.4) is 0 Å². The predicted octanol–water partition coefficient (Wildman–Crippen LogP) is 5.49. The fraction of sp³-hybridized carbons (Fsp3) is 0.560. The van der Waals surface area contributed by atoms with Crippen molar-refractivity contribution in [2.24, 2.45) is 0 Å². The molecule has 1 saturated heterocycles. The van der Waals surface area contributed by atoms with Gasteiger partial charge in [-0.15, -0.1) is 11.3 Å². The number of anilines is 3. The number of aromatic nitrogens is 3. The summed E-state index contributed by atoms with van der Waals surface area (Å²) in [4.78, 5) is 19.1. The molecular formula is C25H34F2N6O2S. The average Bonchev–Trinajstić information content (AvgIpc) is 3.28. The van der Waals surface area contributed by atoms with E-state index in [4.69, 9.17) is 19.4 Å². The number of nitrogens with one attached hydrogen (secondary N) is 1. The van der Waals surface area contributed by atoms with Gasteiger partial charge in [0.25, 0.3) is 5.92 Å². The van der Waals surface area contributed by atoms with Gasteiger partial charge in [-0.2, -0.15) is 4.98 Å². The Hall–Kier alpha value is -2.79. The van der Waals surface area contributed by atoms with Gasteiger partial charge in [0.15, 0.2) is 16.6 Å². The molecule has 36 heavy (non-hydrogen) atoms. The second-order valence-corrected chi connectivity index (χ2v) is 10.1. The van der Waals surface area contributed by atoms with Crippen LogP contribution in [0.4, 0.5) is 25.7 Å². The van der Waals surface area contributed by atoms with Gasteiger partial charge >= 0.3 is 0 Å². The highest BCUT2D eigenvalue weighted by molar-refractivity contribution is 7.15. The third-order valence-corrected chi connectivity index (χ3v) is 7.19. The Morgan fingerprint density at radius 1 is 1.14 bits per heavy atom. The first kappa shape index (κ1) is 26.3. The zero-order valence-electron chi connectivity index (χ0n) is 21.3. The van der Waals surface area contributed by atoms with E-state index in [2.05, 4.69) is 29.0 Å². The van der Waals surface area contributed by atoms with Gasteiger partial charge in [-0.25, -0.2) is 18.7 Å². The molecule has 0 radical (unpaired) electrons. The maximum Gasteiger partial charge on any atom is 0.251 e. The predicted molar refractivity (Wildman–Crippen MR) is 141 cm³/mol. The number of hydrogen-bond donors (Lipinski definition) is 1. The molecule has 0 atom stereocenters. The molecule has 1 aliphatic heterocycles. The normalized spacial score (nSPS) is 15.5. The van der Waals surface area contributed by atoms with Crippen LogP contribution in [0.5, 0.6) is 11.5 Å². The van der Waals surface area contributed by atoms with Crippen molar-refractivity contribution in [2.75, 3.05) is 56.7 Å². The highest BCUT2D eigenvalue weighted by Crippen LogP contribution is 2.37. The number of aryl methyl sites for hydroxylation is 1. The van der Waals surface area contributed by atoms with E-state index >= 15 is 0 Å². The molecule has 11 heteroatoms. The summed E-state index contributed by atoms with van der Waals surface area (Å²) >= 11 is 1.51. The lowest BCUT2D eigenvalue weighted by Crippen LogP contribution is -2.40. The van der Waals surface area contributed by atoms with Crippen LogP contribution < -0.4 is 19.7 Å². The van der Waals surface area contributed by atoms with E-state index in [0.717, 1.165) is 36.3 Å². The maximum absolute atomic E-state index is 13.8. The summed E-state index contributed by atoms with van der Waals surface area (Å²) in [5.41, 5.74) is 0.646. The van der Waals surface area contributed by atoms with Crippen LogP contribution in [0.15, 0.2) is 18.3 Å². The van der Waals surface area contributed by atoms with Crippen LogP contribution in [-0.4, -0.2) is 72.2 Å². The highest BCUT2D eigenvalue weighted by atomic mass is 32.1. The van der Waals surface area contributed by atoms with Gasteiger partial charge in [-0.1, -0.05) is 13.8 Å². The Bertz CT molecular complexity index is 1160. The minimum Gasteiger partial charge on any atom is -0.493 e. The summed E-state index contributed by atoms with van der Waals surface area (Å²) in [5.74, 6) is -0.514. The van der Waals surface area contributed by atoms with E-state index < -0.39 is 5.92 Å². The maximum atomic E-state index is 13.8. The zero-order chi connectivity index (χ0) is 25.7. The van der Waals surface area contributed by atoms with Crippen LogP contribution in [-0.2, 0) is 0 Å². The molecule has 196 valence electrons. The molecule has 8 nitrogen and oxygen atoms in total. The molecule has 1 fully saturated rings. The molecule has 1 aromatic carbocycles. The number of hydrogen-bond acceptors (Lipinski definition) is 9. The lowest BCUT2D eigenvalue weighted by Gasteiger charge is -2.32. The summed E-state index contributed by atoms with van der Waals surface area (Å²) < 4.78 is 39.3. The van der Waals surface area contributed by atoms with Crippen LogP contribution >= 0.6 is 11.3 Å². The SMILES string of the molecule is CCN(CC)CCCOc1cc2nc(N3CCC(F)(F)CC3)nc(Nc3ncc(C)s3)c2cc1OC. The minimum absolute atomic E-state index is 0.194. The van der Waals surface area contributed by atoms with E-state index in [-0.39, 0.29) is 25.9 Å². The van der Waals surface area contributed by atoms with Crippen molar-refractivity contribution in [3.05, 3.63) is 23.2 Å². The van der Waals surface area contributed by atoms with Gasteiger partial charge in [0.2, 0.25) is 5.95 Å². The Kier molecular flexibility index (Phi) is 8.40. The first-order chi connectivity index (χ1) is 17.3. The molecule has 3 heterocycles. The Labute approximate surface area is 214 Å². The van der Waals surface area contributed by atoms with Gasteiger partial charge in [0, 0.05) is 55.0 Å². The second-order valence-electron chi connectivity index (χ2n) is 8.87. The van der Waals surface area contributed by atoms with Crippen molar-refractivity contribution in [1.82, 2.24) is 19.9 Å². The molecule has 3 aromatic rings. The molecule has 0 aliphatic carbocycles. The van der Waals surface area contributed by atoms with Crippen molar-refractivity contribution in [3.8, 4) is 11.5 Å². The molecule has 1 N–H and O–H groups in total. The topological polar surface area (TPSA) is 75.6 Å². The molecule has 0 amide bonds. The summed E-state index contributed by atoms with van der Waals surface area (Å²) in [6, 6.07) is 3.69. The molecular weight excluding hydrogens is 486 g/mol. The van der Waals surface area contributed by atoms with E-state index in [9.17, 15) is 8.78 Å². The first-order valence-corrected chi connectivity index (χ1v) is 13.2. The monoisotopic (exact) mass is 520 g/mol. The number of ether oxygens (including phenoxy) is 2. The summed E-state index contributed by atoms with van der Waals surface area (Å²) in [5, 5.41) is 4.72. The van der Waals surface area contributed by atoms with E-state index in [1.165, 1.54) is 11.3 Å². The standard InChI is InChI=1S/C25H34F2N6O2S/c1-5-32(6-2)10-7-13-35-21-15-19-18(14-20(21)34-4)22(31-24-28-16-17(3)36-24)30-23(29-19)33-11-8-25(26,27)9-12-33/h14-16H,5-13H2,1-4H3,(H,28,29,30,31). The van der Waals surface area contributed by atoms with Crippen LogP contribution in [0, 0.1) is 6.92 Å². The average molecular weight is 521 g/mol. The number of rotatable bonds is 11. The third-order valence-electron chi connectivity index (χ3n) is 6.36. The van der Waals surface area contributed by atoms with E-state index in [0.29, 0.717) is 40.5 Å². The largest absolute Gasteiger partial charge is 0.493 e. The molecule has 1 aliphatic rings. The number of thiazole rings is 1. The number of fused-ring (bicyclic) bond motifs is 1. The van der Waals surface area contributed by atoms with Crippen molar-refractivity contribution in [3.63, 3.8) is 0 Å². The van der Waals surface area contributed by atoms with Crippen molar-refractivity contribution >= 4 is 39.1 Å². The van der Waals surface area contributed by atoms with Crippen molar-refractivity contribution in [2.45, 2.75) is 46.0 Å². The Balaban J connectivity index is 1.65. The van der Waals surface area contributed by atoms with E-state index in [1.807, 2.05) is 24.0 Å². The van der Waals surface area contributed by atoms with Crippen LogP contribution in [0.1, 0.15) is 38.0 Å². The Morgan fingerprint density at radius 2 is 1.89 bits per heavy atom. The molecule has 0 bridgehead atoms. The summed E-state index contributed by atoms with van der Waals surface area (Å²) in [6.07, 6.45) is 2.24. The van der Waals surface area contributed by atoms with Gasteiger partial charge in [0.1, 0.15) is 5.82 Å². The molecule has 2 aromatic heterocycles. The lowest BCUT2D eigenvalue weighted by atomic mass is 10.1. The highest BCUT2D eigenvalue weighted by Gasteiger charge is 2.35. The fourth-order valence-corrected chi connectivity index (χ4v) is 4.85. The third kappa shape index (κ3) is 6.31. The fourth-order valence-electron chi connectivity index (χ4n) is 4.19. The number of methoxy groups -OCH3 is 1. The van der Waals surface area contributed by atoms with Gasteiger partial charge in [-0.05, 0) is 32.5 Å². The number of nitrogens with zero attached hydrogens (tertiary/aromatic N) is 5. The van der Waals surface area contributed by atoms with Crippen molar-refractivity contribution < 1.29 is 18.3 Å². The zero-order valence-corrected chi connectivity index (χ0v) is 22.1. The quantitative estimate of drug-likeness (QED) is 0.333. The molecule has 0 saturated carbocycles. The van der Waals surface area contributed by atoms with Crippen LogP contribution in [0.2, 0.25) is 0 Å². The molecule has 4 rings (SSSR count). The number of halogens is 2. The molecule has 0 spiro atoms. The number of piperidine rings is 1. The van der Waals surface area contributed by atoms with Crippen LogP contribution in [0.25, 0.3) is 10.9 Å². The lowest BCUT2D eigenvalue weighted by molar-refractivity contribution is -0.0222. The van der Waals surface area contributed by atoms with Crippen molar-refractivity contribution in [1.29, 1.82) is 0 Å². The smallest absolute Gasteiger partial charge is 0.251 e. The Morgan fingerprint density at radius 3 is 2.53 bits per heavy atom. The number of alkyl halides is 2. The molecule has 0 unspecified atom stereocenters. The van der Waals surface area contributed by atoms with Gasteiger partial charge in [-0.3, -0.25) is 0 Å².